The maximum Gasteiger partial charge on any atom is 0.261 e. The van der Waals surface area contributed by atoms with E-state index in [2.05, 4.69) is 10.0 Å². The highest BCUT2D eigenvalue weighted by atomic mass is 35.5. The van der Waals surface area contributed by atoms with Crippen molar-refractivity contribution in [3.63, 3.8) is 0 Å². The number of rotatable bonds is 7. The molecule has 0 heterocycles. The Labute approximate surface area is 135 Å². The summed E-state index contributed by atoms with van der Waals surface area (Å²) in [5.74, 6) is 0. The molecule has 0 bridgehead atoms. The molecular formula is C15H17ClN2O3S. The standard InChI is InChI=1S/C15H17ClN2O3S/c1-21-11-10-17-13-4-6-14(7-5-13)18-22(19,20)15-8-2-12(16)3-9-15/h2-9,17-18H,10-11H2,1H3. The Balaban J connectivity index is 2.05. The lowest BCUT2D eigenvalue weighted by Crippen LogP contribution is -2.13. The van der Waals surface area contributed by atoms with Gasteiger partial charge in [0.2, 0.25) is 0 Å². The summed E-state index contributed by atoms with van der Waals surface area (Å²) in [5.41, 5.74) is 1.39. The lowest BCUT2D eigenvalue weighted by Gasteiger charge is -2.10. The van der Waals surface area contributed by atoms with Gasteiger partial charge in [0.1, 0.15) is 0 Å². The third kappa shape index (κ3) is 4.62. The molecule has 0 spiro atoms. The van der Waals surface area contributed by atoms with Crippen molar-refractivity contribution in [1.29, 1.82) is 0 Å². The fraction of sp³-hybridized carbons (Fsp3) is 0.200. The zero-order valence-electron chi connectivity index (χ0n) is 12.0. The first kappa shape index (κ1) is 16.6. The number of halogens is 1. The summed E-state index contributed by atoms with van der Waals surface area (Å²) < 4.78 is 31.9. The number of methoxy groups -OCH3 is 1. The Morgan fingerprint density at radius 3 is 2.18 bits per heavy atom. The van der Waals surface area contributed by atoms with Crippen molar-refractivity contribution >= 4 is 33.0 Å². The van der Waals surface area contributed by atoms with E-state index in [-0.39, 0.29) is 4.90 Å². The van der Waals surface area contributed by atoms with Gasteiger partial charge in [0.05, 0.1) is 11.5 Å². The molecule has 5 nitrogen and oxygen atoms in total. The van der Waals surface area contributed by atoms with Gasteiger partial charge in [-0.2, -0.15) is 0 Å². The van der Waals surface area contributed by atoms with Crippen LogP contribution < -0.4 is 10.0 Å². The normalized spacial score (nSPS) is 11.2. The molecule has 0 aliphatic heterocycles. The number of hydrogen-bond acceptors (Lipinski definition) is 4. The summed E-state index contributed by atoms with van der Waals surface area (Å²) in [7, 11) is -1.98. The molecule has 0 unspecified atom stereocenters. The molecule has 0 radical (unpaired) electrons. The zero-order valence-corrected chi connectivity index (χ0v) is 13.6. The Morgan fingerprint density at radius 1 is 1.00 bits per heavy atom. The molecule has 0 amide bonds. The van der Waals surface area contributed by atoms with Crippen LogP contribution in [0.2, 0.25) is 5.02 Å². The summed E-state index contributed by atoms with van der Waals surface area (Å²) in [6, 6.07) is 13.0. The molecule has 2 N–H and O–H groups in total. The Hall–Kier alpha value is -1.76. The van der Waals surface area contributed by atoms with E-state index in [0.717, 1.165) is 5.69 Å². The molecule has 2 aromatic rings. The van der Waals surface area contributed by atoms with Gasteiger partial charge in [0.15, 0.2) is 0 Å². The number of ether oxygens (including phenoxy) is 1. The molecule has 0 saturated heterocycles. The van der Waals surface area contributed by atoms with Gasteiger partial charge in [-0.3, -0.25) is 4.72 Å². The van der Waals surface area contributed by atoms with Crippen LogP contribution in [0.4, 0.5) is 11.4 Å². The van der Waals surface area contributed by atoms with Gasteiger partial charge in [0.25, 0.3) is 10.0 Å². The van der Waals surface area contributed by atoms with E-state index in [1.165, 1.54) is 12.1 Å². The second-order valence-corrected chi connectivity index (χ2v) is 6.68. The van der Waals surface area contributed by atoms with E-state index in [1.54, 1.807) is 43.5 Å². The second kappa shape index (κ2) is 7.49. The third-order valence-electron chi connectivity index (χ3n) is 2.90. The van der Waals surface area contributed by atoms with Gasteiger partial charge in [-0.1, -0.05) is 11.6 Å². The average Bonchev–Trinajstić information content (AvgIpc) is 2.49. The van der Waals surface area contributed by atoms with Gasteiger partial charge >= 0.3 is 0 Å². The fourth-order valence-electron chi connectivity index (χ4n) is 1.78. The highest BCUT2D eigenvalue weighted by Crippen LogP contribution is 2.19. The van der Waals surface area contributed by atoms with Gasteiger partial charge in [-0.05, 0) is 48.5 Å². The number of sulfonamides is 1. The van der Waals surface area contributed by atoms with E-state index in [0.29, 0.717) is 23.9 Å². The molecule has 0 aliphatic rings. The van der Waals surface area contributed by atoms with Crippen LogP contribution in [0, 0.1) is 0 Å². The van der Waals surface area contributed by atoms with Crippen LogP contribution in [-0.4, -0.2) is 28.7 Å². The van der Waals surface area contributed by atoms with Crippen LogP contribution in [-0.2, 0) is 14.8 Å². The number of hydrogen-bond donors (Lipinski definition) is 2. The molecule has 118 valence electrons. The molecule has 0 saturated carbocycles. The number of nitrogens with one attached hydrogen (secondary N) is 2. The van der Waals surface area contributed by atoms with Crippen molar-refractivity contribution in [3.8, 4) is 0 Å². The molecule has 0 aliphatic carbocycles. The lowest BCUT2D eigenvalue weighted by atomic mass is 10.3. The first-order chi connectivity index (χ1) is 10.5. The SMILES string of the molecule is COCCNc1ccc(NS(=O)(=O)c2ccc(Cl)cc2)cc1. The first-order valence-electron chi connectivity index (χ1n) is 6.62. The molecule has 0 aromatic heterocycles. The largest absolute Gasteiger partial charge is 0.383 e. The monoisotopic (exact) mass is 340 g/mol. The van der Waals surface area contributed by atoms with Crippen LogP contribution >= 0.6 is 11.6 Å². The highest BCUT2D eigenvalue weighted by molar-refractivity contribution is 7.92. The van der Waals surface area contributed by atoms with Crippen LogP contribution in [0.15, 0.2) is 53.4 Å². The zero-order chi connectivity index (χ0) is 16.0. The Morgan fingerprint density at radius 2 is 1.59 bits per heavy atom. The van der Waals surface area contributed by atoms with Crippen LogP contribution in [0.25, 0.3) is 0 Å². The summed E-state index contributed by atoms with van der Waals surface area (Å²) in [5, 5.41) is 3.65. The van der Waals surface area contributed by atoms with E-state index >= 15 is 0 Å². The van der Waals surface area contributed by atoms with E-state index in [9.17, 15) is 8.42 Å². The van der Waals surface area contributed by atoms with Gasteiger partial charge in [-0.15, -0.1) is 0 Å². The third-order valence-corrected chi connectivity index (χ3v) is 4.55. The van der Waals surface area contributed by atoms with Crippen molar-refractivity contribution in [3.05, 3.63) is 53.6 Å². The summed E-state index contributed by atoms with van der Waals surface area (Å²) in [6.45, 7) is 1.29. The predicted octanol–water partition coefficient (Wildman–Crippen LogP) is 3.20. The van der Waals surface area contributed by atoms with Crippen molar-refractivity contribution in [2.45, 2.75) is 4.90 Å². The Kier molecular flexibility index (Phi) is 5.65. The van der Waals surface area contributed by atoms with Crippen molar-refractivity contribution in [1.82, 2.24) is 0 Å². The van der Waals surface area contributed by atoms with Crippen LogP contribution in [0.3, 0.4) is 0 Å². The maximum absolute atomic E-state index is 12.2. The van der Waals surface area contributed by atoms with Crippen LogP contribution in [0.1, 0.15) is 0 Å². The fourth-order valence-corrected chi connectivity index (χ4v) is 2.97. The van der Waals surface area contributed by atoms with E-state index < -0.39 is 10.0 Å². The van der Waals surface area contributed by atoms with Crippen molar-refractivity contribution < 1.29 is 13.2 Å². The molecule has 2 rings (SSSR count). The predicted molar refractivity (Wildman–Crippen MR) is 89.1 cm³/mol. The smallest absolute Gasteiger partial charge is 0.261 e. The molecular weight excluding hydrogens is 324 g/mol. The highest BCUT2D eigenvalue weighted by Gasteiger charge is 2.13. The molecule has 7 heteroatoms. The summed E-state index contributed by atoms with van der Waals surface area (Å²) in [6.07, 6.45) is 0. The van der Waals surface area contributed by atoms with Crippen molar-refractivity contribution in [2.24, 2.45) is 0 Å². The van der Waals surface area contributed by atoms with Gasteiger partial charge < -0.3 is 10.1 Å². The minimum absolute atomic E-state index is 0.166. The number of anilines is 2. The van der Waals surface area contributed by atoms with E-state index in [1.807, 2.05) is 0 Å². The minimum atomic E-state index is -3.61. The van der Waals surface area contributed by atoms with Crippen LogP contribution in [0.5, 0.6) is 0 Å². The minimum Gasteiger partial charge on any atom is -0.383 e. The summed E-state index contributed by atoms with van der Waals surface area (Å²) >= 11 is 5.76. The van der Waals surface area contributed by atoms with Gasteiger partial charge in [-0.25, -0.2) is 8.42 Å². The molecule has 22 heavy (non-hydrogen) atoms. The molecule has 2 aromatic carbocycles. The average molecular weight is 341 g/mol. The van der Waals surface area contributed by atoms with Crippen molar-refractivity contribution in [2.75, 3.05) is 30.3 Å². The number of benzene rings is 2. The Bertz CT molecular complexity index is 701. The molecule has 0 fully saturated rings. The lowest BCUT2D eigenvalue weighted by molar-refractivity contribution is 0.211. The quantitative estimate of drug-likeness (QED) is 0.759. The topological polar surface area (TPSA) is 67.4 Å². The second-order valence-electron chi connectivity index (χ2n) is 4.56. The first-order valence-corrected chi connectivity index (χ1v) is 8.48. The summed E-state index contributed by atoms with van der Waals surface area (Å²) in [4.78, 5) is 0.166. The molecule has 0 atom stereocenters. The maximum atomic E-state index is 12.2. The van der Waals surface area contributed by atoms with Gasteiger partial charge in [0, 0.05) is 30.1 Å². The van der Waals surface area contributed by atoms with E-state index in [4.69, 9.17) is 16.3 Å².